The van der Waals surface area contributed by atoms with Crippen LogP contribution in [0.1, 0.15) is 16.2 Å². The number of nitrogens with one attached hydrogen (secondary N) is 2. The van der Waals surface area contributed by atoms with Gasteiger partial charge in [-0.3, -0.25) is 9.78 Å². The van der Waals surface area contributed by atoms with E-state index in [9.17, 15) is 23.1 Å². The van der Waals surface area contributed by atoms with Crippen molar-refractivity contribution >= 4 is 11.7 Å². The zero-order chi connectivity index (χ0) is 20.9. The van der Waals surface area contributed by atoms with Crippen molar-refractivity contribution in [2.45, 2.75) is 6.18 Å². The van der Waals surface area contributed by atoms with Crippen LogP contribution in [0.5, 0.6) is 5.75 Å². The number of aromatic hydroxyl groups is 1. The molecule has 0 aliphatic carbocycles. The predicted molar refractivity (Wildman–Crippen MR) is 97.0 cm³/mol. The van der Waals surface area contributed by atoms with Crippen LogP contribution < -0.4 is 10.6 Å². The van der Waals surface area contributed by atoms with Crippen LogP contribution in [0.15, 0.2) is 48.9 Å². The molecule has 0 unspecified atom stereocenters. The van der Waals surface area contributed by atoms with Crippen molar-refractivity contribution in [1.82, 2.24) is 25.3 Å². The standard InChI is InChI=1S/C18H15F3N6O2/c19-18(20,21)13-10-14(27-16(26-13)11-3-6-22-7-4-11)23-8-9-25-17(29)15-12(28)2-1-5-24-15/h1-7,10,28H,8-9H2,(H,25,29)(H,23,26,27). The van der Waals surface area contributed by atoms with Gasteiger partial charge in [0.2, 0.25) is 0 Å². The molecule has 0 saturated carbocycles. The number of alkyl halides is 3. The monoisotopic (exact) mass is 404 g/mol. The Balaban J connectivity index is 1.69. The van der Waals surface area contributed by atoms with Gasteiger partial charge in [-0.25, -0.2) is 15.0 Å². The van der Waals surface area contributed by atoms with E-state index < -0.39 is 17.8 Å². The van der Waals surface area contributed by atoms with Gasteiger partial charge in [0.1, 0.15) is 11.6 Å². The molecule has 0 aliphatic heterocycles. The highest BCUT2D eigenvalue weighted by Crippen LogP contribution is 2.30. The van der Waals surface area contributed by atoms with E-state index in [4.69, 9.17) is 0 Å². The van der Waals surface area contributed by atoms with Crippen molar-refractivity contribution in [2.75, 3.05) is 18.4 Å². The molecule has 0 bridgehead atoms. The second kappa shape index (κ2) is 8.50. The molecular formula is C18H15F3N6O2. The summed E-state index contributed by atoms with van der Waals surface area (Å²) in [5.41, 5.74) is -0.855. The van der Waals surface area contributed by atoms with E-state index >= 15 is 0 Å². The number of anilines is 1. The highest BCUT2D eigenvalue weighted by molar-refractivity contribution is 5.94. The largest absolute Gasteiger partial charge is 0.505 e. The van der Waals surface area contributed by atoms with Crippen molar-refractivity contribution in [3.8, 4) is 17.1 Å². The van der Waals surface area contributed by atoms with Gasteiger partial charge in [-0.1, -0.05) is 0 Å². The zero-order valence-electron chi connectivity index (χ0n) is 14.8. The highest BCUT2D eigenvalue weighted by atomic mass is 19.4. The maximum atomic E-state index is 13.2. The number of halogens is 3. The summed E-state index contributed by atoms with van der Waals surface area (Å²) in [4.78, 5) is 27.2. The maximum Gasteiger partial charge on any atom is 0.433 e. The van der Waals surface area contributed by atoms with Crippen LogP contribution in [0.3, 0.4) is 0 Å². The maximum absolute atomic E-state index is 13.2. The molecule has 11 heteroatoms. The Bertz CT molecular complexity index is 998. The Morgan fingerprint density at radius 2 is 1.83 bits per heavy atom. The summed E-state index contributed by atoms with van der Waals surface area (Å²) >= 11 is 0. The third-order valence-electron chi connectivity index (χ3n) is 3.67. The molecule has 3 rings (SSSR count). The fourth-order valence-corrected chi connectivity index (χ4v) is 2.34. The molecule has 3 aromatic heterocycles. The number of carbonyl (C=O) groups excluding carboxylic acids is 1. The van der Waals surface area contributed by atoms with E-state index in [0.29, 0.717) is 5.56 Å². The lowest BCUT2D eigenvalue weighted by atomic mass is 10.2. The van der Waals surface area contributed by atoms with Gasteiger partial charge in [0, 0.05) is 43.3 Å². The minimum atomic E-state index is -4.65. The average molecular weight is 404 g/mol. The molecule has 0 aromatic carbocycles. The van der Waals surface area contributed by atoms with Gasteiger partial charge >= 0.3 is 6.18 Å². The fraction of sp³-hybridized carbons (Fsp3) is 0.167. The Labute approximate surface area is 162 Å². The van der Waals surface area contributed by atoms with Gasteiger partial charge in [0.25, 0.3) is 5.91 Å². The predicted octanol–water partition coefficient (Wildman–Crippen LogP) is 2.50. The second-order valence-corrected chi connectivity index (χ2v) is 5.75. The van der Waals surface area contributed by atoms with Crippen LogP contribution >= 0.6 is 0 Å². The molecule has 1 amide bonds. The van der Waals surface area contributed by atoms with Crippen molar-refractivity contribution in [3.63, 3.8) is 0 Å². The summed E-state index contributed by atoms with van der Waals surface area (Å²) in [5, 5.41) is 14.8. The molecule has 3 heterocycles. The first-order valence-electron chi connectivity index (χ1n) is 8.37. The average Bonchev–Trinajstić information content (AvgIpc) is 2.71. The lowest BCUT2D eigenvalue weighted by Gasteiger charge is -2.12. The molecule has 150 valence electrons. The molecule has 3 N–H and O–H groups in total. The fourth-order valence-electron chi connectivity index (χ4n) is 2.34. The van der Waals surface area contributed by atoms with Gasteiger partial charge in [0.15, 0.2) is 17.2 Å². The normalized spacial score (nSPS) is 11.1. The number of aromatic nitrogens is 4. The Morgan fingerprint density at radius 1 is 1.07 bits per heavy atom. The lowest BCUT2D eigenvalue weighted by molar-refractivity contribution is -0.141. The summed E-state index contributed by atoms with van der Waals surface area (Å²) in [5.74, 6) is -1.03. The van der Waals surface area contributed by atoms with E-state index in [0.717, 1.165) is 6.07 Å². The zero-order valence-corrected chi connectivity index (χ0v) is 14.8. The number of rotatable bonds is 6. The Kier molecular flexibility index (Phi) is 5.86. The molecular weight excluding hydrogens is 389 g/mol. The SMILES string of the molecule is O=C(NCCNc1cc(C(F)(F)F)nc(-c2ccncc2)n1)c1ncccc1O. The molecule has 0 aliphatic rings. The molecule has 0 saturated heterocycles. The van der Waals surface area contributed by atoms with E-state index in [1.807, 2.05) is 0 Å². The first kappa shape index (κ1) is 20.0. The van der Waals surface area contributed by atoms with E-state index in [-0.39, 0.29) is 36.2 Å². The van der Waals surface area contributed by atoms with Gasteiger partial charge in [-0.05, 0) is 24.3 Å². The quantitative estimate of drug-likeness (QED) is 0.541. The number of carbonyl (C=O) groups is 1. The van der Waals surface area contributed by atoms with Gasteiger partial charge in [-0.2, -0.15) is 13.2 Å². The van der Waals surface area contributed by atoms with Crippen LogP contribution in [-0.4, -0.2) is 44.0 Å². The first-order chi connectivity index (χ1) is 13.8. The molecule has 0 radical (unpaired) electrons. The Morgan fingerprint density at radius 3 is 2.52 bits per heavy atom. The summed E-state index contributed by atoms with van der Waals surface area (Å²) in [6, 6.07) is 6.58. The van der Waals surface area contributed by atoms with Crippen LogP contribution in [0.25, 0.3) is 11.4 Å². The minimum Gasteiger partial charge on any atom is -0.505 e. The van der Waals surface area contributed by atoms with E-state index in [1.54, 1.807) is 0 Å². The van der Waals surface area contributed by atoms with Crippen molar-refractivity contribution in [3.05, 3.63) is 60.3 Å². The number of hydrogen-bond acceptors (Lipinski definition) is 7. The molecule has 0 spiro atoms. The first-order valence-corrected chi connectivity index (χ1v) is 8.37. The van der Waals surface area contributed by atoms with Crippen molar-refractivity contribution in [2.24, 2.45) is 0 Å². The van der Waals surface area contributed by atoms with Gasteiger partial charge < -0.3 is 15.7 Å². The highest BCUT2D eigenvalue weighted by Gasteiger charge is 2.33. The summed E-state index contributed by atoms with van der Waals surface area (Å²) in [7, 11) is 0. The number of hydrogen-bond donors (Lipinski definition) is 3. The van der Waals surface area contributed by atoms with Gasteiger partial charge in [-0.15, -0.1) is 0 Å². The number of amides is 1. The summed E-state index contributed by atoms with van der Waals surface area (Å²) < 4.78 is 39.5. The van der Waals surface area contributed by atoms with Crippen LogP contribution in [0.4, 0.5) is 19.0 Å². The van der Waals surface area contributed by atoms with Crippen molar-refractivity contribution < 1.29 is 23.1 Å². The minimum absolute atomic E-state index is 0.0472. The van der Waals surface area contributed by atoms with Crippen LogP contribution in [0, 0.1) is 0 Å². The summed E-state index contributed by atoms with van der Waals surface area (Å²) in [6.07, 6.45) is -0.442. The Hall–Kier alpha value is -3.76. The topological polar surface area (TPSA) is 113 Å². The molecule has 8 nitrogen and oxygen atoms in total. The number of nitrogens with zero attached hydrogens (tertiary/aromatic N) is 4. The third-order valence-corrected chi connectivity index (χ3v) is 3.67. The van der Waals surface area contributed by atoms with E-state index in [1.165, 1.54) is 42.9 Å². The molecule has 29 heavy (non-hydrogen) atoms. The smallest absolute Gasteiger partial charge is 0.433 e. The second-order valence-electron chi connectivity index (χ2n) is 5.75. The number of pyridine rings is 2. The molecule has 0 atom stereocenters. The molecule has 3 aromatic rings. The van der Waals surface area contributed by atoms with Crippen LogP contribution in [-0.2, 0) is 6.18 Å². The lowest BCUT2D eigenvalue weighted by Crippen LogP contribution is -2.29. The third kappa shape index (κ3) is 5.15. The molecule has 0 fully saturated rings. The summed E-state index contributed by atoms with van der Waals surface area (Å²) in [6.45, 7) is 0.147. The van der Waals surface area contributed by atoms with E-state index in [2.05, 4.69) is 30.6 Å². The van der Waals surface area contributed by atoms with Gasteiger partial charge in [0.05, 0.1) is 0 Å². The van der Waals surface area contributed by atoms with Crippen molar-refractivity contribution in [1.29, 1.82) is 0 Å². The van der Waals surface area contributed by atoms with Crippen LogP contribution in [0.2, 0.25) is 0 Å².